The van der Waals surface area contributed by atoms with Crippen molar-refractivity contribution in [3.63, 3.8) is 0 Å². The van der Waals surface area contributed by atoms with Crippen LogP contribution >= 0.6 is 0 Å². The molecule has 7 heteroatoms. The third-order valence-electron chi connectivity index (χ3n) is 4.82. The predicted octanol–water partition coefficient (Wildman–Crippen LogP) is 0.983. The summed E-state index contributed by atoms with van der Waals surface area (Å²) >= 11 is 0. The lowest BCUT2D eigenvalue weighted by atomic mass is 10.2. The summed E-state index contributed by atoms with van der Waals surface area (Å²) in [6.07, 6.45) is 0. The average Bonchev–Trinajstić information content (AvgIpc) is 2.74. The van der Waals surface area contributed by atoms with Gasteiger partial charge in [-0.1, -0.05) is 0 Å². The number of hydrogen-bond donors (Lipinski definition) is 1. The quantitative estimate of drug-likeness (QED) is 0.822. The van der Waals surface area contributed by atoms with Gasteiger partial charge < -0.3 is 34.1 Å². The van der Waals surface area contributed by atoms with Crippen molar-refractivity contribution in [2.45, 2.75) is 0 Å². The zero-order valence-corrected chi connectivity index (χ0v) is 16.2. The van der Waals surface area contributed by atoms with Gasteiger partial charge >= 0.3 is 0 Å². The highest BCUT2D eigenvalue weighted by Gasteiger charge is 2.12. The van der Waals surface area contributed by atoms with Crippen molar-refractivity contribution in [2.24, 2.45) is 0 Å². The van der Waals surface area contributed by atoms with Crippen LogP contribution in [0.15, 0.2) is 24.3 Å². The number of hydrogen-bond acceptors (Lipinski definition) is 7. The van der Waals surface area contributed by atoms with Crippen molar-refractivity contribution < 1.29 is 18.9 Å². The lowest BCUT2D eigenvalue weighted by molar-refractivity contribution is 0.00206. The van der Waals surface area contributed by atoms with Gasteiger partial charge in [0.25, 0.3) is 0 Å². The molecule has 0 unspecified atom stereocenters. The van der Waals surface area contributed by atoms with Gasteiger partial charge in [-0.25, -0.2) is 0 Å². The first kappa shape index (κ1) is 20.4. The topological polar surface area (TPSA) is 55.4 Å². The van der Waals surface area contributed by atoms with Crippen LogP contribution in [0.5, 0.6) is 0 Å². The molecule has 0 radical (unpaired) electrons. The van der Waals surface area contributed by atoms with Gasteiger partial charge in [0, 0.05) is 50.6 Å². The fraction of sp³-hybridized carbons (Fsp3) is 0.700. The van der Waals surface area contributed by atoms with Crippen LogP contribution in [0.2, 0.25) is 0 Å². The van der Waals surface area contributed by atoms with Gasteiger partial charge in [-0.15, -0.1) is 0 Å². The molecular formula is C20H33N3O4. The van der Waals surface area contributed by atoms with E-state index in [1.165, 1.54) is 11.4 Å². The molecule has 0 saturated carbocycles. The number of nitrogens with zero attached hydrogens (tertiary/aromatic N) is 2. The van der Waals surface area contributed by atoms with Crippen LogP contribution in [0.25, 0.3) is 0 Å². The molecule has 1 aromatic rings. The predicted molar refractivity (Wildman–Crippen MR) is 107 cm³/mol. The normalized spacial score (nSPS) is 22.1. The molecule has 1 N–H and O–H groups in total. The van der Waals surface area contributed by atoms with E-state index in [4.69, 9.17) is 18.9 Å². The Morgan fingerprint density at radius 2 is 0.889 bits per heavy atom. The first-order valence-electron chi connectivity index (χ1n) is 10.0. The Kier molecular flexibility index (Phi) is 9.16. The molecule has 2 fully saturated rings. The Labute approximate surface area is 162 Å². The van der Waals surface area contributed by atoms with E-state index in [-0.39, 0.29) is 0 Å². The highest BCUT2D eigenvalue weighted by molar-refractivity contribution is 5.56. The van der Waals surface area contributed by atoms with Crippen LogP contribution in [-0.4, -0.2) is 92.1 Å². The minimum absolute atomic E-state index is 0.606. The SMILES string of the molecule is c1cc(N2CCOCCOCCOCCOCC2)ccc1N1CCNCC1. The average molecular weight is 380 g/mol. The fourth-order valence-corrected chi connectivity index (χ4v) is 3.28. The van der Waals surface area contributed by atoms with Gasteiger partial charge in [0.05, 0.1) is 52.9 Å². The van der Waals surface area contributed by atoms with Crippen LogP contribution < -0.4 is 15.1 Å². The summed E-state index contributed by atoms with van der Waals surface area (Å²) in [5.41, 5.74) is 2.50. The van der Waals surface area contributed by atoms with Crippen molar-refractivity contribution >= 4 is 11.4 Å². The molecule has 0 aliphatic carbocycles. The highest BCUT2D eigenvalue weighted by atomic mass is 16.6. The van der Waals surface area contributed by atoms with Crippen molar-refractivity contribution in [1.82, 2.24) is 5.32 Å². The first-order valence-corrected chi connectivity index (χ1v) is 10.0. The smallest absolute Gasteiger partial charge is 0.0701 e. The van der Waals surface area contributed by atoms with Crippen molar-refractivity contribution in [3.8, 4) is 0 Å². The standard InChI is InChI=1S/C20H33N3O4/c1-3-20(4-2-19(1)22-7-5-21-6-8-22)23-9-11-24-13-15-26-17-18-27-16-14-25-12-10-23/h1-4,21H,5-18H2. The molecule has 0 spiro atoms. The summed E-state index contributed by atoms with van der Waals surface area (Å²) in [4.78, 5) is 4.75. The minimum atomic E-state index is 0.606. The molecule has 0 aromatic heterocycles. The summed E-state index contributed by atoms with van der Waals surface area (Å²) in [7, 11) is 0. The van der Waals surface area contributed by atoms with Crippen molar-refractivity contribution in [2.75, 3.05) is 102 Å². The number of nitrogens with one attached hydrogen (secondary N) is 1. The zero-order chi connectivity index (χ0) is 18.6. The summed E-state index contributed by atoms with van der Waals surface area (Å²) in [6, 6.07) is 8.86. The van der Waals surface area contributed by atoms with Gasteiger partial charge in [0.15, 0.2) is 0 Å². The Bertz CT molecular complexity index is 492. The molecule has 152 valence electrons. The second-order valence-electron chi connectivity index (χ2n) is 6.69. The van der Waals surface area contributed by atoms with Crippen LogP contribution in [0.3, 0.4) is 0 Å². The molecule has 2 heterocycles. The van der Waals surface area contributed by atoms with E-state index in [1.54, 1.807) is 0 Å². The zero-order valence-electron chi connectivity index (χ0n) is 16.2. The van der Waals surface area contributed by atoms with Crippen LogP contribution in [0.4, 0.5) is 11.4 Å². The molecule has 7 nitrogen and oxygen atoms in total. The Morgan fingerprint density at radius 3 is 1.33 bits per heavy atom. The van der Waals surface area contributed by atoms with Gasteiger partial charge in [0.1, 0.15) is 0 Å². The minimum Gasteiger partial charge on any atom is -0.377 e. The third-order valence-corrected chi connectivity index (χ3v) is 4.82. The molecule has 2 aliphatic heterocycles. The van der Waals surface area contributed by atoms with Crippen molar-refractivity contribution in [3.05, 3.63) is 24.3 Å². The number of anilines is 2. The van der Waals surface area contributed by atoms with Gasteiger partial charge in [-0.05, 0) is 24.3 Å². The Hall–Kier alpha value is -1.38. The monoisotopic (exact) mass is 379 g/mol. The van der Waals surface area contributed by atoms with Gasteiger partial charge in [0.2, 0.25) is 0 Å². The van der Waals surface area contributed by atoms with E-state index in [9.17, 15) is 0 Å². The molecule has 2 aliphatic rings. The number of ether oxygens (including phenoxy) is 4. The maximum Gasteiger partial charge on any atom is 0.0701 e. The summed E-state index contributed by atoms with van der Waals surface area (Å²) in [5.74, 6) is 0. The lowest BCUT2D eigenvalue weighted by Crippen LogP contribution is -2.43. The molecule has 2 saturated heterocycles. The van der Waals surface area contributed by atoms with Crippen LogP contribution in [-0.2, 0) is 18.9 Å². The summed E-state index contributed by atoms with van der Waals surface area (Å²) < 4.78 is 22.4. The number of rotatable bonds is 2. The van der Waals surface area contributed by atoms with Crippen LogP contribution in [0, 0.1) is 0 Å². The molecular weight excluding hydrogens is 346 g/mol. The van der Waals surface area contributed by atoms with E-state index in [2.05, 4.69) is 39.4 Å². The Balaban J connectivity index is 1.54. The second-order valence-corrected chi connectivity index (χ2v) is 6.69. The first-order chi connectivity index (χ1) is 13.4. The maximum atomic E-state index is 5.72. The van der Waals surface area contributed by atoms with Gasteiger partial charge in [-0.2, -0.15) is 0 Å². The van der Waals surface area contributed by atoms with E-state index < -0.39 is 0 Å². The molecule has 27 heavy (non-hydrogen) atoms. The van der Waals surface area contributed by atoms with E-state index in [1.807, 2.05) is 0 Å². The maximum absolute atomic E-state index is 5.72. The Morgan fingerprint density at radius 1 is 0.519 bits per heavy atom. The molecule has 0 amide bonds. The summed E-state index contributed by atoms with van der Waals surface area (Å²) in [5, 5.41) is 3.40. The molecule has 0 atom stereocenters. The van der Waals surface area contributed by atoms with E-state index in [0.717, 1.165) is 39.3 Å². The van der Waals surface area contributed by atoms with Crippen LogP contribution in [0.1, 0.15) is 0 Å². The van der Waals surface area contributed by atoms with E-state index >= 15 is 0 Å². The summed E-state index contributed by atoms with van der Waals surface area (Å²) in [6.45, 7) is 10.9. The van der Waals surface area contributed by atoms with Crippen molar-refractivity contribution in [1.29, 1.82) is 0 Å². The molecule has 1 aromatic carbocycles. The fourth-order valence-electron chi connectivity index (χ4n) is 3.28. The highest BCUT2D eigenvalue weighted by Crippen LogP contribution is 2.21. The lowest BCUT2D eigenvalue weighted by Gasteiger charge is -2.30. The molecule has 3 rings (SSSR count). The third kappa shape index (κ3) is 7.27. The number of benzene rings is 1. The van der Waals surface area contributed by atoms with Gasteiger partial charge in [-0.3, -0.25) is 0 Å². The second kappa shape index (κ2) is 12.2. The largest absolute Gasteiger partial charge is 0.377 e. The molecule has 0 bridgehead atoms. The number of piperazine rings is 1. The van der Waals surface area contributed by atoms with E-state index in [0.29, 0.717) is 52.9 Å².